The first kappa shape index (κ1) is 14.2. The average molecular weight is 281 g/mol. The first-order valence-electron chi connectivity index (χ1n) is 6.21. The predicted molar refractivity (Wildman–Crippen MR) is 71.1 cm³/mol. The van der Waals surface area contributed by atoms with Crippen LogP contribution < -0.4 is 5.32 Å². The molecule has 5 heteroatoms. The molecular weight excluding hydrogens is 267 g/mol. The van der Waals surface area contributed by atoms with Crippen LogP contribution in [0.4, 0.5) is 18.9 Å². The Morgan fingerprint density at radius 3 is 2.10 bits per heavy atom. The van der Waals surface area contributed by atoms with Crippen molar-refractivity contribution in [3.63, 3.8) is 0 Å². The fraction of sp³-hybridized carbons (Fsp3) is 0.200. The van der Waals surface area contributed by atoms with Crippen molar-refractivity contribution in [3.05, 3.63) is 59.4 Å². The van der Waals surface area contributed by atoms with E-state index in [4.69, 9.17) is 0 Å². The van der Waals surface area contributed by atoms with Crippen LogP contribution >= 0.6 is 0 Å². The van der Waals surface area contributed by atoms with Gasteiger partial charge in [0.1, 0.15) is 5.75 Å². The summed E-state index contributed by atoms with van der Waals surface area (Å²) in [5, 5.41) is 12.2. The molecule has 0 spiro atoms. The summed E-state index contributed by atoms with van der Waals surface area (Å²) < 4.78 is 39.2. The fourth-order valence-corrected chi connectivity index (χ4v) is 1.97. The molecular formula is C15H14F3NO. The maximum absolute atomic E-state index is 13.2. The van der Waals surface area contributed by atoms with Crippen LogP contribution in [0.2, 0.25) is 0 Å². The van der Waals surface area contributed by atoms with Crippen LogP contribution in [0.25, 0.3) is 0 Å². The zero-order valence-corrected chi connectivity index (χ0v) is 10.8. The number of hydrogen-bond donors (Lipinski definition) is 2. The SMILES string of the molecule is CCC(Nc1cc(F)c(F)c(F)c1)c1ccc(O)cc1. The Labute approximate surface area is 114 Å². The number of aromatic hydroxyl groups is 1. The van der Waals surface area contributed by atoms with Gasteiger partial charge < -0.3 is 10.4 Å². The van der Waals surface area contributed by atoms with Crippen molar-refractivity contribution in [2.45, 2.75) is 19.4 Å². The molecule has 0 heterocycles. The topological polar surface area (TPSA) is 32.3 Å². The molecule has 2 rings (SSSR count). The number of phenols is 1. The maximum atomic E-state index is 13.2. The Kier molecular flexibility index (Phi) is 4.17. The number of benzene rings is 2. The first-order valence-corrected chi connectivity index (χ1v) is 6.21. The molecule has 2 aromatic rings. The van der Waals surface area contributed by atoms with E-state index in [1.54, 1.807) is 12.1 Å². The lowest BCUT2D eigenvalue weighted by Crippen LogP contribution is -2.10. The van der Waals surface area contributed by atoms with E-state index in [1.807, 2.05) is 6.92 Å². The Morgan fingerprint density at radius 1 is 1.05 bits per heavy atom. The van der Waals surface area contributed by atoms with Crippen LogP contribution in [-0.2, 0) is 0 Å². The van der Waals surface area contributed by atoms with Gasteiger partial charge in [0.05, 0.1) is 6.04 Å². The number of hydrogen-bond acceptors (Lipinski definition) is 2. The van der Waals surface area contributed by atoms with E-state index in [-0.39, 0.29) is 17.5 Å². The molecule has 0 aliphatic carbocycles. The van der Waals surface area contributed by atoms with Crippen molar-refractivity contribution in [3.8, 4) is 5.75 Å². The molecule has 0 aromatic heterocycles. The van der Waals surface area contributed by atoms with Crippen LogP contribution in [0.15, 0.2) is 36.4 Å². The second-order valence-electron chi connectivity index (χ2n) is 4.45. The summed E-state index contributed by atoms with van der Waals surface area (Å²) in [5.74, 6) is -3.79. The Morgan fingerprint density at radius 2 is 1.60 bits per heavy atom. The van der Waals surface area contributed by atoms with Crippen LogP contribution in [0.3, 0.4) is 0 Å². The molecule has 0 fully saturated rings. The van der Waals surface area contributed by atoms with Gasteiger partial charge in [0.25, 0.3) is 0 Å². The highest BCUT2D eigenvalue weighted by Crippen LogP contribution is 2.26. The smallest absolute Gasteiger partial charge is 0.194 e. The normalized spacial score (nSPS) is 12.2. The molecule has 0 aliphatic heterocycles. The van der Waals surface area contributed by atoms with Gasteiger partial charge >= 0.3 is 0 Å². The Balaban J connectivity index is 2.24. The van der Waals surface area contributed by atoms with Gasteiger partial charge in [0.2, 0.25) is 0 Å². The minimum Gasteiger partial charge on any atom is -0.508 e. The van der Waals surface area contributed by atoms with Gasteiger partial charge in [-0.1, -0.05) is 19.1 Å². The molecule has 0 bridgehead atoms. The molecule has 0 saturated carbocycles. The molecule has 0 aliphatic rings. The van der Waals surface area contributed by atoms with Crippen molar-refractivity contribution < 1.29 is 18.3 Å². The fourth-order valence-electron chi connectivity index (χ4n) is 1.97. The Hall–Kier alpha value is -2.17. The van der Waals surface area contributed by atoms with E-state index < -0.39 is 17.5 Å². The van der Waals surface area contributed by atoms with Gasteiger partial charge in [-0.3, -0.25) is 0 Å². The zero-order chi connectivity index (χ0) is 14.7. The largest absolute Gasteiger partial charge is 0.508 e. The highest BCUT2D eigenvalue weighted by Gasteiger charge is 2.14. The van der Waals surface area contributed by atoms with Crippen LogP contribution in [0.5, 0.6) is 5.75 Å². The third-order valence-electron chi connectivity index (χ3n) is 3.03. The molecule has 2 nitrogen and oxygen atoms in total. The van der Waals surface area contributed by atoms with Crippen molar-refractivity contribution >= 4 is 5.69 Å². The van der Waals surface area contributed by atoms with Crippen molar-refractivity contribution in [1.82, 2.24) is 0 Å². The molecule has 1 atom stereocenters. The second-order valence-corrected chi connectivity index (χ2v) is 4.45. The number of rotatable bonds is 4. The van der Waals surface area contributed by atoms with Crippen LogP contribution in [0, 0.1) is 17.5 Å². The second kappa shape index (κ2) is 5.86. The summed E-state index contributed by atoms with van der Waals surface area (Å²) in [6.45, 7) is 1.90. The summed E-state index contributed by atoms with van der Waals surface area (Å²) in [5.41, 5.74) is 1.02. The summed E-state index contributed by atoms with van der Waals surface area (Å²) in [6, 6.07) is 8.14. The van der Waals surface area contributed by atoms with Crippen LogP contribution in [0.1, 0.15) is 24.9 Å². The molecule has 20 heavy (non-hydrogen) atoms. The minimum atomic E-state index is -1.48. The third-order valence-corrected chi connectivity index (χ3v) is 3.03. The van der Waals surface area contributed by atoms with Crippen molar-refractivity contribution in [2.24, 2.45) is 0 Å². The predicted octanol–water partition coefficient (Wildman–Crippen LogP) is 4.37. The lowest BCUT2D eigenvalue weighted by Gasteiger charge is -2.19. The Bertz CT molecular complexity index is 576. The van der Waals surface area contributed by atoms with Gasteiger partial charge in [-0.2, -0.15) is 0 Å². The van der Waals surface area contributed by atoms with E-state index in [0.717, 1.165) is 17.7 Å². The van der Waals surface area contributed by atoms with Gasteiger partial charge in [-0.05, 0) is 24.1 Å². The highest BCUT2D eigenvalue weighted by molar-refractivity contribution is 5.46. The standard InChI is InChI=1S/C15H14F3NO/c1-2-14(9-3-5-11(20)6-4-9)19-10-7-12(16)15(18)13(17)8-10/h3-8,14,19-20H,2H2,1H3. The summed E-state index contributed by atoms with van der Waals surface area (Å²) in [7, 11) is 0. The molecule has 2 N–H and O–H groups in total. The quantitative estimate of drug-likeness (QED) is 0.815. The first-order chi connectivity index (χ1) is 9.51. The molecule has 0 saturated heterocycles. The van der Waals surface area contributed by atoms with Gasteiger partial charge in [-0.25, -0.2) is 13.2 Å². The molecule has 0 radical (unpaired) electrons. The van der Waals surface area contributed by atoms with Crippen LogP contribution in [-0.4, -0.2) is 5.11 Å². The molecule has 1 unspecified atom stereocenters. The average Bonchev–Trinajstić information content (AvgIpc) is 2.43. The third kappa shape index (κ3) is 3.04. The highest BCUT2D eigenvalue weighted by atomic mass is 19.2. The summed E-state index contributed by atoms with van der Waals surface area (Å²) in [4.78, 5) is 0. The van der Waals surface area contributed by atoms with Gasteiger partial charge in [0, 0.05) is 17.8 Å². The zero-order valence-electron chi connectivity index (χ0n) is 10.8. The van der Waals surface area contributed by atoms with Crippen molar-refractivity contribution in [1.29, 1.82) is 0 Å². The van der Waals surface area contributed by atoms with E-state index in [0.29, 0.717) is 6.42 Å². The minimum absolute atomic E-state index is 0.141. The lowest BCUT2D eigenvalue weighted by atomic mass is 10.0. The van der Waals surface area contributed by atoms with Crippen molar-refractivity contribution in [2.75, 3.05) is 5.32 Å². The molecule has 2 aromatic carbocycles. The summed E-state index contributed by atoms with van der Waals surface area (Å²) >= 11 is 0. The van der Waals surface area contributed by atoms with E-state index in [1.165, 1.54) is 12.1 Å². The number of anilines is 1. The van der Waals surface area contributed by atoms with Gasteiger partial charge in [0.15, 0.2) is 17.5 Å². The van der Waals surface area contributed by atoms with Gasteiger partial charge in [-0.15, -0.1) is 0 Å². The van der Waals surface area contributed by atoms with E-state index >= 15 is 0 Å². The van der Waals surface area contributed by atoms with E-state index in [9.17, 15) is 18.3 Å². The lowest BCUT2D eigenvalue weighted by molar-refractivity contribution is 0.447. The monoisotopic (exact) mass is 281 g/mol. The maximum Gasteiger partial charge on any atom is 0.194 e. The number of nitrogens with one attached hydrogen (secondary N) is 1. The number of phenolic OH excluding ortho intramolecular Hbond substituents is 1. The molecule has 0 amide bonds. The summed E-state index contributed by atoms with van der Waals surface area (Å²) in [6.07, 6.45) is 0.658. The number of halogens is 3. The molecule has 106 valence electrons. The van der Waals surface area contributed by atoms with E-state index in [2.05, 4.69) is 5.32 Å².